The van der Waals surface area contributed by atoms with Crippen LogP contribution in [-0.2, 0) is 0 Å². The Hall–Kier alpha value is -1.31. The molecule has 1 heterocycles. The minimum absolute atomic E-state index is 0.0340. The molecular formula is C10H8BrClN4OS. The van der Waals surface area contributed by atoms with Gasteiger partial charge in [0.15, 0.2) is 0 Å². The Morgan fingerprint density at radius 1 is 1.56 bits per heavy atom. The molecule has 0 fully saturated rings. The highest BCUT2D eigenvalue weighted by atomic mass is 79.9. The van der Waals surface area contributed by atoms with Crippen molar-refractivity contribution in [1.82, 2.24) is 4.98 Å². The number of nitrogens with zero attached hydrogens (tertiary/aromatic N) is 2. The summed E-state index contributed by atoms with van der Waals surface area (Å²) in [5.74, 6) is 0.465. The highest BCUT2D eigenvalue weighted by Crippen LogP contribution is 2.31. The van der Waals surface area contributed by atoms with E-state index in [9.17, 15) is 5.11 Å². The number of phenolic OH excluding ortho intramolecular Hbond substituents is 1. The number of aromatic hydroxyl groups is 1. The summed E-state index contributed by atoms with van der Waals surface area (Å²) in [4.78, 5) is 3.97. The third-order valence-corrected chi connectivity index (χ3v) is 3.73. The van der Waals surface area contributed by atoms with Gasteiger partial charge < -0.3 is 10.8 Å². The zero-order chi connectivity index (χ0) is 13.1. The maximum Gasteiger partial charge on any atom is 0.205 e. The lowest BCUT2D eigenvalue weighted by Crippen LogP contribution is -1.92. The molecule has 1 aromatic heterocycles. The van der Waals surface area contributed by atoms with Crippen LogP contribution in [0, 0.1) is 0 Å². The molecule has 0 bridgehead atoms. The summed E-state index contributed by atoms with van der Waals surface area (Å²) in [6.45, 7) is 0. The number of nitrogen functional groups attached to an aromatic ring is 1. The van der Waals surface area contributed by atoms with Crippen molar-refractivity contribution in [3.63, 3.8) is 0 Å². The van der Waals surface area contributed by atoms with Gasteiger partial charge in [-0.2, -0.15) is 5.10 Å². The average molecular weight is 348 g/mol. The van der Waals surface area contributed by atoms with E-state index in [-0.39, 0.29) is 5.75 Å². The molecule has 0 atom stereocenters. The predicted octanol–water partition coefficient (Wildman–Crippen LogP) is 3.29. The summed E-state index contributed by atoms with van der Waals surface area (Å²) < 4.78 is 0.548. The van der Waals surface area contributed by atoms with Crippen LogP contribution in [0.2, 0.25) is 5.02 Å². The quantitative estimate of drug-likeness (QED) is 0.587. The second-order valence-electron chi connectivity index (χ2n) is 3.24. The van der Waals surface area contributed by atoms with Crippen LogP contribution in [0.4, 0.5) is 10.9 Å². The van der Waals surface area contributed by atoms with E-state index in [2.05, 4.69) is 31.4 Å². The monoisotopic (exact) mass is 346 g/mol. The number of anilines is 2. The van der Waals surface area contributed by atoms with Crippen molar-refractivity contribution < 1.29 is 5.11 Å². The Labute approximate surface area is 120 Å². The Morgan fingerprint density at radius 3 is 3.00 bits per heavy atom. The van der Waals surface area contributed by atoms with Crippen LogP contribution in [-0.4, -0.2) is 16.3 Å². The molecule has 0 saturated heterocycles. The SMILES string of the molecule is Nc1csc(NN=Cc2c(Cl)ccc(Br)c2O)n1. The van der Waals surface area contributed by atoms with Crippen LogP contribution < -0.4 is 11.2 Å². The van der Waals surface area contributed by atoms with E-state index in [4.69, 9.17) is 17.3 Å². The maximum atomic E-state index is 9.80. The fourth-order valence-corrected chi connectivity index (χ4v) is 2.26. The highest BCUT2D eigenvalue weighted by Gasteiger charge is 2.07. The maximum absolute atomic E-state index is 9.80. The molecule has 0 aliphatic heterocycles. The largest absolute Gasteiger partial charge is 0.506 e. The molecule has 8 heteroatoms. The van der Waals surface area contributed by atoms with Crippen molar-refractivity contribution in [1.29, 1.82) is 0 Å². The molecule has 0 spiro atoms. The van der Waals surface area contributed by atoms with E-state index in [1.54, 1.807) is 17.5 Å². The van der Waals surface area contributed by atoms with Gasteiger partial charge in [0.25, 0.3) is 0 Å². The minimum atomic E-state index is 0.0340. The lowest BCUT2D eigenvalue weighted by Gasteiger charge is -2.03. The zero-order valence-electron chi connectivity index (χ0n) is 8.89. The molecule has 18 heavy (non-hydrogen) atoms. The number of nitrogens with one attached hydrogen (secondary N) is 1. The first kappa shape index (κ1) is 13.1. The first-order chi connectivity index (χ1) is 8.58. The van der Waals surface area contributed by atoms with E-state index >= 15 is 0 Å². The highest BCUT2D eigenvalue weighted by molar-refractivity contribution is 9.10. The summed E-state index contributed by atoms with van der Waals surface area (Å²) >= 11 is 10.5. The van der Waals surface area contributed by atoms with E-state index < -0.39 is 0 Å². The number of hydrogen-bond donors (Lipinski definition) is 3. The average Bonchev–Trinajstić information content (AvgIpc) is 2.74. The number of thiazole rings is 1. The smallest absolute Gasteiger partial charge is 0.205 e. The van der Waals surface area contributed by atoms with E-state index in [1.165, 1.54) is 17.6 Å². The van der Waals surface area contributed by atoms with Gasteiger partial charge in [0.2, 0.25) is 5.13 Å². The first-order valence-corrected chi connectivity index (χ1v) is 6.80. The van der Waals surface area contributed by atoms with E-state index in [1.807, 2.05) is 0 Å². The second-order valence-corrected chi connectivity index (χ2v) is 5.36. The molecule has 94 valence electrons. The van der Waals surface area contributed by atoms with Crippen molar-refractivity contribution in [2.24, 2.45) is 5.10 Å². The van der Waals surface area contributed by atoms with Gasteiger partial charge in [-0.15, -0.1) is 11.3 Å². The summed E-state index contributed by atoms with van der Waals surface area (Å²) in [5.41, 5.74) is 8.59. The van der Waals surface area contributed by atoms with Gasteiger partial charge in [0.1, 0.15) is 11.6 Å². The van der Waals surface area contributed by atoms with Crippen LogP contribution in [0.5, 0.6) is 5.75 Å². The van der Waals surface area contributed by atoms with Gasteiger partial charge in [0.05, 0.1) is 21.3 Å². The Kier molecular flexibility index (Phi) is 4.05. The molecular weight excluding hydrogens is 340 g/mol. The number of rotatable bonds is 3. The van der Waals surface area contributed by atoms with Gasteiger partial charge in [-0.25, -0.2) is 4.98 Å². The third-order valence-electron chi connectivity index (χ3n) is 1.99. The van der Waals surface area contributed by atoms with Crippen molar-refractivity contribution in [2.75, 3.05) is 11.2 Å². The van der Waals surface area contributed by atoms with Gasteiger partial charge >= 0.3 is 0 Å². The molecule has 0 saturated carbocycles. The van der Waals surface area contributed by atoms with Gasteiger partial charge in [-0.05, 0) is 28.1 Å². The summed E-state index contributed by atoms with van der Waals surface area (Å²) in [7, 11) is 0. The Morgan fingerprint density at radius 2 is 2.33 bits per heavy atom. The van der Waals surface area contributed by atoms with Gasteiger partial charge in [-0.1, -0.05) is 11.6 Å². The first-order valence-electron chi connectivity index (χ1n) is 4.75. The van der Waals surface area contributed by atoms with Crippen LogP contribution in [0.3, 0.4) is 0 Å². The number of hydrogen-bond acceptors (Lipinski definition) is 6. The van der Waals surface area contributed by atoms with Crippen molar-refractivity contribution >= 4 is 56.0 Å². The number of phenols is 1. The number of halogens is 2. The zero-order valence-corrected chi connectivity index (χ0v) is 12.1. The topological polar surface area (TPSA) is 83.5 Å². The second kappa shape index (κ2) is 5.55. The molecule has 1 aromatic carbocycles. The Bertz CT molecular complexity index is 602. The number of hydrazone groups is 1. The molecule has 0 amide bonds. The number of benzene rings is 1. The summed E-state index contributed by atoms with van der Waals surface area (Å²) in [6, 6.07) is 3.32. The molecule has 0 aliphatic rings. The predicted molar refractivity (Wildman–Crippen MR) is 78.6 cm³/mol. The van der Waals surface area contributed by atoms with Gasteiger partial charge in [0, 0.05) is 5.38 Å². The normalized spacial score (nSPS) is 11.0. The molecule has 0 radical (unpaired) electrons. The van der Waals surface area contributed by atoms with Crippen molar-refractivity contribution in [2.45, 2.75) is 0 Å². The molecule has 2 rings (SSSR count). The van der Waals surface area contributed by atoms with E-state index in [0.717, 1.165) is 0 Å². The Balaban J connectivity index is 2.16. The van der Waals surface area contributed by atoms with Crippen LogP contribution in [0.1, 0.15) is 5.56 Å². The third kappa shape index (κ3) is 2.92. The van der Waals surface area contributed by atoms with Crippen molar-refractivity contribution in [3.8, 4) is 5.75 Å². The standard InChI is InChI=1S/C10H8BrClN4OS/c11-6-1-2-7(12)5(9(6)17)3-14-16-10-15-8(13)4-18-10/h1-4,17H,13H2,(H,15,16). The molecule has 0 aliphatic carbocycles. The fourth-order valence-electron chi connectivity index (χ4n) is 1.17. The lowest BCUT2D eigenvalue weighted by atomic mass is 10.2. The number of aromatic nitrogens is 1. The van der Waals surface area contributed by atoms with E-state index in [0.29, 0.717) is 26.0 Å². The van der Waals surface area contributed by atoms with Crippen LogP contribution in [0.15, 0.2) is 27.1 Å². The fraction of sp³-hybridized carbons (Fsp3) is 0. The summed E-state index contributed by atoms with van der Waals surface area (Å²) in [5, 5.41) is 16.4. The van der Waals surface area contributed by atoms with Crippen LogP contribution in [0.25, 0.3) is 0 Å². The molecule has 2 aromatic rings. The summed E-state index contributed by atoms with van der Waals surface area (Å²) in [6.07, 6.45) is 1.42. The van der Waals surface area contributed by atoms with Crippen molar-refractivity contribution in [3.05, 3.63) is 32.6 Å². The lowest BCUT2D eigenvalue weighted by molar-refractivity contribution is 0.471. The van der Waals surface area contributed by atoms with Crippen LogP contribution >= 0.6 is 38.9 Å². The van der Waals surface area contributed by atoms with Gasteiger partial charge in [-0.3, -0.25) is 5.43 Å². The molecule has 0 unspecified atom stereocenters. The molecule has 5 nitrogen and oxygen atoms in total. The molecule has 4 N–H and O–H groups in total. The minimum Gasteiger partial charge on any atom is -0.506 e. The number of nitrogens with two attached hydrogens (primary N) is 1.